The Bertz CT molecular complexity index is 865. The van der Waals surface area contributed by atoms with E-state index in [4.69, 9.17) is 9.63 Å². The number of benzene rings is 1. The number of phosphoric acid groups is 3. The molecule has 0 bridgehead atoms. The van der Waals surface area contributed by atoms with Crippen molar-refractivity contribution in [3.63, 3.8) is 0 Å². The van der Waals surface area contributed by atoms with E-state index in [2.05, 4.69) is 13.1 Å². The molecule has 1 fully saturated rings. The van der Waals surface area contributed by atoms with Crippen LogP contribution in [0.4, 0.5) is 0 Å². The van der Waals surface area contributed by atoms with Gasteiger partial charge in [0.2, 0.25) is 0 Å². The summed E-state index contributed by atoms with van der Waals surface area (Å²) in [5, 5.41) is 28.7. The van der Waals surface area contributed by atoms with Crippen LogP contribution in [-0.2, 0) is 31.6 Å². The van der Waals surface area contributed by atoms with Crippen LogP contribution in [0.3, 0.4) is 0 Å². The van der Waals surface area contributed by atoms with Gasteiger partial charge in [0.25, 0.3) is 23.5 Å². The molecule has 160 valence electrons. The third-order valence-corrected chi connectivity index (χ3v) is 7.09. The average Bonchev–Trinajstić information content (AvgIpc) is 2.85. The number of phosphoric ester groups is 1. The number of phenolic OH excluding ortho intramolecular Hbond substituents is 2. The molecule has 1 aliphatic heterocycles. The summed E-state index contributed by atoms with van der Waals surface area (Å²) in [4.78, 5) is 41.2. The van der Waals surface area contributed by atoms with Gasteiger partial charge >= 0.3 is 88.7 Å². The summed E-state index contributed by atoms with van der Waals surface area (Å²) in [6.45, 7) is -0.906. The molecule has 4 N–H and O–H groups in total. The first-order valence-electron chi connectivity index (χ1n) is 7.26. The number of hydrogen-bond donors (Lipinski definition) is 4. The second-order valence-corrected chi connectivity index (χ2v) is 9.83. The quantitative estimate of drug-likeness (QED) is 0.138. The van der Waals surface area contributed by atoms with Crippen molar-refractivity contribution < 1.29 is 155 Å². The maximum atomic E-state index is 11.5. The fourth-order valence-electron chi connectivity index (χ4n) is 2.29. The third kappa shape index (κ3) is 12.1. The number of ether oxygens (including phenoxy) is 1. The maximum absolute atomic E-state index is 11.5. The minimum Gasteiger partial charge on any atom is -0.756 e. The minimum absolute atomic E-state index is 0. The van der Waals surface area contributed by atoms with Gasteiger partial charge < -0.3 is 44.2 Å². The molecule has 0 aromatic heterocycles. The Labute approximate surface area is 242 Å². The summed E-state index contributed by atoms with van der Waals surface area (Å²) in [5.41, 5.74) is 0.352. The Morgan fingerprint density at radius 3 is 2.10 bits per heavy atom. The van der Waals surface area contributed by atoms with Gasteiger partial charge in [-0.15, -0.1) is 0 Å². The van der Waals surface area contributed by atoms with Crippen LogP contribution in [-0.4, -0.2) is 39.0 Å². The van der Waals surface area contributed by atoms with Crippen molar-refractivity contribution >= 4 is 23.5 Å². The number of hydrogen-bond acceptors (Lipinski definition) is 13. The average molecular weight is 532 g/mol. The summed E-state index contributed by atoms with van der Waals surface area (Å²) in [6, 6.07) is 3.72. The molecule has 1 heterocycles. The normalized spacial score (nSPS) is 26.2. The fourth-order valence-corrected chi connectivity index (χ4v) is 5.18. The Balaban J connectivity index is 0. The van der Waals surface area contributed by atoms with Crippen molar-refractivity contribution in [1.29, 1.82) is 0 Å². The van der Waals surface area contributed by atoms with E-state index in [-0.39, 0.29) is 101 Å². The Kier molecular flexibility index (Phi) is 16.0. The number of aromatic hydroxyl groups is 2. The standard InChI is InChI=1S/C11H17O14P3.3Na/c12-7-2-1-6(3-8(7)13)10-4-9(14)11(23-10)5-22-27(18,19)25-28(20,21)24-26(15,16)17;;;/h1-3,9-14H,4-5H2,(H,18,19)(H,20,21)(H2,15,16,17);;;/q;3*+1/p-3/t9-,10+,11+;;;/m0.../s1. The topological polar surface area (TPSA) is 238 Å². The smallest absolute Gasteiger partial charge is 0.756 e. The molecule has 2 rings (SSSR count). The van der Waals surface area contributed by atoms with E-state index < -0.39 is 54.1 Å². The van der Waals surface area contributed by atoms with Gasteiger partial charge in [-0.2, -0.15) is 0 Å². The second-order valence-electron chi connectivity index (χ2n) is 5.54. The van der Waals surface area contributed by atoms with Gasteiger partial charge in [0.1, 0.15) is 6.10 Å². The third-order valence-electron chi connectivity index (χ3n) is 3.40. The van der Waals surface area contributed by atoms with Crippen LogP contribution in [0.5, 0.6) is 11.5 Å². The largest absolute Gasteiger partial charge is 1.00 e. The molecule has 0 aliphatic carbocycles. The molecular weight excluding hydrogens is 518 g/mol. The zero-order valence-corrected chi connectivity index (χ0v) is 25.3. The zero-order valence-electron chi connectivity index (χ0n) is 16.6. The van der Waals surface area contributed by atoms with Crippen LogP contribution < -0.4 is 103 Å². The molecule has 14 nitrogen and oxygen atoms in total. The second kappa shape index (κ2) is 14.0. The van der Waals surface area contributed by atoms with Gasteiger partial charge in [-0.25, -0.2) is 8.62 Å². The number of rotatable bonds is 8. The van der Waals surface area contributed by atoms with Crippen LogP contribution in [0, 0.1) is 0 Å². The molecule has 31 heavy (non-hydrogen) atoms. The summed E-state index contributed by atoms with van der Waals surface area (Å²) in [5.74, 6) is -0.833. The number of phenols is 2. The predicted molar refractivity (Wildman–Crippen MR) is 81.2 cm³/mol. The van der Waals surface area contributed by atoms with Crippen LogP contribution >= 0.6 is 23.5 Å². The van der Waals surface area contributed by atoms with E-state index >= 15 is 0 Å². The van der Waals surface area contributed by atoms with Gasteiger partial charge in [0, 0.05) is 6.42 Å². The van der Waals surface area contributed by atoms with Crippen molar-refractivity contribution in [2.24, 2.45) is 0 Å². The van der Waals surface area contributed by atoms with Crippen molar-refractivity contribution in [1.82, 2.24) is 0 Å². The Morgan fingerprint density at radius 2 is 1.58 bits per heavy atom. The van der Waals surface area contributed by atoms with Gasteiger partial charge in [-0.3, -0.25) is 13.7 Å². The van der Waals surface area contributed by atoms with E-state index in [1.165, 1.54) is 18.2 Å². The molecule has 0 amide bonds. The van der Waals surface area contributed by atoms with Crippen molar-refractivity contribution in [2.75, 3.05) is 6.61 Å². The number of aliphatic hydroxyl groups excluding tert-OH is 1. The van der Waals surface area contributed by atoms with Gasteiger partial charge in [0.15, 0.2) is 11.5 Å². The molecule has 3 unspecified atom stereocenters. The molecule has 1 aliphatic rings. The van der Waals surface area contributed by atoms with E-state index in [0.29, 0.717) is 5.56 Å². The van der Waals surface area contributed by atoms with Crippen molar-refractivity contribution in [3.8, 4) is 11.5 Å². The Hall–Kier alpha value is 2.15. The summed E-state index contributed by atoms with van der Waals surface area (Å²) >= 11 is 0. The van der Waals surface area contributed by atoms with E-state index in [1.807, 2.05) is 0 Å². The SMILES string of the molecule is O=P([O-])(O)OP(=O)([O-])OP(=O)([O-])OC[C@H]1O[C@@H](c2ccc(O)c(O)c2)C[C@@H]1O.[Na+].[Na+].[Na+]. The van der Waals surface area contributed by atoms with Crippen molar-refractivity contribution in [2.45, 2.75) is 24.7 Å². The van der Waals surface area contributed by atoms with Gasteiger partial charge in [-0.05, 0) is 17.7 Å². The summed E-state index contributed by atoms with van der Waals surface area (Å²) in [6.07, 6.45) is -3.37. The first kappa shape index (κ1) is 35.3. The molecule has 6 atom stereocenters. The molecule has 0 saturated carbocycles. The molecule has 20 heteroatoms. The van der Waals surface area contributed by atoms with Gasteiger partial charge in [-0.1, -0.05) is 6.07 Å². The van der Waals surface area contributed by atoms with Crippen LogP contribution in [0.15, 0.2) is 18.2 Å². The maximum Gasteiger partial charge on any atom is 1.00 e. The number of aliphatic hydroxyl groups is 1. The summed E-state index contributed by atoms with van der Waals surface area (Å²) < 4.78 is 49.1. The van der Waals surface area contributed by atoms with E-state index in [9.17, 15) is 43.7 Å². The van der Waals surface area contributed by atoms with Crippen molar-refractivity contribution in [3.05, 3.63) is 23.8 Å². The molecule has 1 aromatic rings. The Morgan fingerprint density at radius 1 is 1.00 bits per heavy atom. The first-order valence-corrected chi connectivity index (χ1v) is 11.7. The predicted octanol–water partition coefficient (Wildman–Crippen LogP) is -10.3. The monoisotopic (exact) mass is 532 g/mol. The molecular formula is C11H14Na3O14P3. The summed E-state index contributed by atoms with van der Waals surface area (Å²) in [7, 11) is -17.5. The van der Waals surface area contributed by atoms with E-state index in [1.54, 1.807) is 0 Å². The molecule has 0 radical (unpaired) electrons. The molecule has 0 spiro atoms. The van der Waals surface area contributed by atoms with Crippen LogP contribution in [0.25, 0.3) is 0 Å². The zero-order chi connectivity index (χ0) is 21.3. The van der Waals surface area contributed by atoms with E-state index in [0.717, 1.165) is 0 Å². The molecule has 1 aromatic carbocycles. The molecule has 1 saturated heterocycles. The van der Waals surface area contributed by atoms with Gasteiger partial charge in [0.05, 0.1) is 18.8 Å². The first-order chi connectivity index (χ1) is 12.7. The fraction of sp³-hybridized carbons (Fsp3) is 0.455. The van der Waals surface area contributed by atoms with Crippen LogP contribution in [0.2, 0.25) is 0 Å². The van der Waals surface area contributed by atoms with Crippen LogP contribution in [0.1, 0.15) is 18.1 Å². The minimum atomic E-state index is -6.01.